The third kappa shape index (κ3) is 3.09. The quantitative estimate of drug-likeness (QED) is 0.861. The smallest absolute Gasteiger partial charge is 0.134 e. The highest BCUT2D eigenvalue weighted by Crippen LogP contribution is 2.37. The fraction of sp³-hybridized carbons (Fsp3) is 0.538. The molecule has 0 radical (unpaired) electrons. The zero-order chi connectivity index (χ0) is 13.1. The number of alkyl halides is 1. The van der Waals surface area contributed by atoms with Gasteiger partial charge < -0.3 is 15.2 Å². The SMILES string of the molecule is COc1cc(C(C)(C)F)c(OC)cc1CCN. The fourth-order valence-electron chi connectivity index (χ4n) is 1.78. The zero-order valence-corrected chi connectivity index (χ0v) is 10.8. The van der Waals surface area contributed by atoms with Crippen molar-refractivity contribution in [3.63, 3.8) is 0 Å². The Kier molecular flexibility index (Phi) is 4.34. The monoisotopic (exact) mass is 241 g/mol. The van der Waals surface area contributed by atoms with E-state index in [1.54, 1.807) is 19.2 Å². The Hall–Kier alpha value is -1.29. The third-order valence-corrected chi connectivity index (χ3v) is 2.66. The molecule has 0 aromatic heterocycles. The Bertz CT molecular complexity index is 386. The van der Waals surface area contributed by atoms with Gasteiger partial charge in [0.15, 0.2) is 0 Å². The molecule has 0 fully saturated rings. The highest BCUT2D eigenvalue weighted by atomic mass is 19.1. The first-order chi connectivity index (χ1) is 7.93. The lowest BCUT2D eigenvalue weighted by Gasteiger charge is -2.21. The summed E-state index contributed by atoms with van der Waals surface area (Å²) < 4.78 is 24.5. The third-order valence-electron chi connectivity index (χ3n) is 2.66. The van der Waals surface area contributed by atoms with Gasteiger partial charge in [-0.25, -0.2) is 4.39 Å². The summed E-state index contributed by atoms with van der Waals surface area (Å²) in [6.07, 6.45) is 0.673. The molecule has 4 heteroatoms. The van der Waals surface area contributed by atoms with E-state index in [1.807, 2.05) is 0 Å². The van der Waals surface area contributed by atoms with Gasteiger partial charge in [0, 0.05) is 5.56 Å². The molecule has 0 unspecified atom stereocenters. The van der Waals surface area contributed by atoms with Gasteiger partial charge >= 0.3 is 0 Å². The normalized spacial score (nSPS) is 11.4. The topological polar surface area (TPSA) is 44.5 Å². The first kappa shape index (κ1) is 13.8. The minimum atomic E-state index is -1.47. The van der Waals surface area contributed by atoms with Crippen LogP contribution in [0.4, 0.5) is 4.39 Å². The molecule has 17 heavy (non-hydrogen) atoms. The van der Waals surface area contributed by atoms with E-state index in [0.717, 1.165) is 5.56 Å². The maximum absolute atomic E-state index is 14.0. The Balaban J connectivity index is 3.33. The summed E-state index contributed by atoms with van der Waals surface area (Å²) in [4.78, 5) is 0. The van der Waals surface area contributed by atoms with E-state index in [9.17, 15) is 4.39 Å². The molecule has 96 valence electrons. The van der Waals surface area contributed by atoms with E-state index >= 15 is 0 Å². The maximum atomic E-state index is 14.0. The second kappa shape index (κ2) is 5.36. The lowest BCUT2D eigenvalue weighted by atomic mass is 9.96. The molecular formula is C13H20FNO2. The van der Waals surface area contributed by atoms with Crippen molar-refractivity contribution in [3.8, 4) is 11.5 Å². The van der Waals surface area contributed by atoms with Crippen molar-refractivity contribution in [2.75, 3.05) is 20.8 Å². The summed E-state index contributed by atoms with van der Waals surface area (Å²) in [6, 6.07) is 3.48. The molecule has 1 aromatic carbocycles. The number of halogens is 1. The second-order valence-electron chi connectivity index (χ2n) is 4.38. The summed E-state index contributed by atoms with van der Waals surface area (Å²) in [5, 5.41) is 0. The number of methoxy groups -OCH3 is 2. The Morgan fingerprint density at radius 2 is 1.76 bits per heavy atom. The zero-order valence-electron chi connectivity index (χ0n) is 10.8. The molecule has 1 aromatic rings. The van der Waals surface area contributed by atoms with Gasteiger partial charge in [-0.1, -0.05) is 0 Å². The molecule has 1 rings (SSSR count). The fourth-order valence-corrected chi connectivity index (χ4v) is 1.78. The highest BCUT2D eigenvalue weighted by molar-refractivity contribution is 5.48. The van der Waals surface area contributed by atoms with Crippen LogP contribution in [-0.2, 0) is 12.1 Å². The molecule has 0 atom stereocenters. The van der Waals surface area contributed by atoms with Gasteiger partial charge in [0.25, 0.3) is 0 Å². The Morgan fingerprint density at radius 3 is 2.18 bits per heavy atom. The molecule has 3 nitrogen and oxygen atoms in total. The van der Waals surface area contributed by atoms with Gasteiger partial charge in [0.05, 0.1) is 14.2 Å². The van der Waals surface area contributed by atoms with Gasteiger partial charge in [-0.15, -0.1) is 0 Å². The van der Waals surface area contributed by atoms with Crippen LogP contribution in [-0.4, -0.2) is 20.8 Å². The molecule has 0 heterocycles. The molecular weight excluding hydrogens is 221 g/mol. The Labute approximate surface area is 102 Å². The molecule has 0 bridgehead atoms. The lowest BCUT2D eigenvalue weighted by Crippen LogP contribution is -2.13. The van der Waals surface area contributed by atoms with Crippen LogP contribution < -0.4 is 15.2 Å². The molecule has 0 saturated heterocycles. The van der Waals surface area contributed by atoms with Crippen molar-refractivity contribution in [2.24, 2.45) is 5.73 Å². The summed E-state index contributed by atoms with van der Waals surface area (Å²) >= 11 is 0. The van der Waals surface area contributed by atoms with E-state index in [4.69, 9.17) is 15.2 Å². The molecule has 0 spiro atoms. The lowest BCUT2D eigenvalue weighted by molar-refractivity contribution is 0.212. The van der Waals surface area contributed by atoms with Crippen LogP contribution in [0.5, 0.6) is 11.5 Å². The van der Waals surface area contributed by atoms with Crippen molar-refractivity contribution in [1.29, 1.82) is 0 Å². The molecule has 0 aliphatic rings. The van der Waals surface area contributed by atoms with Gasteiger partial charge in [-0.05, 0) is 44.5 Å². The molecule has 2 N–H and O–H groups in total. The number of hydrogen-bond donors (Lipinski definition) is 1. The number of hydrogen-bond acceptors (Lipinski definition) is 3. The van der Waals surface area contributed by atoms with Crippen LogP contribution in [0.2, 0.25) is 0 Å². The number of ether oxygens (including phenoxy) is 2. The average Bonchev–Trinajstić information content (AvgIpc) is 2.27. The number of nitrogens with two attached hydrogens (primary N) is 1. The van der Waals surface area contributed by atoms with E-state index < -0.39 is 5.67 Å². The molecule has 0 amide bonds. The predicted octanol–water partition coefficient (Wildman–Crippen LogP) is 2.41. The van der Waals surface area contributed by atoms with Crippen molar-refractivity contribution >= 4 is 0 Å². The second-order valence-corrected chi connectivity index (χ2v) is 4.38. The Morgan fingerprint density at radius 1 is 1.18 bits per heavy atom. The van der Waals surface area contributed by atoms with Gasteiger partial charge in [-0.2, -0.15) is 0 Å². The van der Waals surface area contributed by atoms with Crippen LogP contribution in [0.25, 0.3) is 0 Å². The summed E-state index contributed by atoms with van der Waals surface area (Å²) in [6.45, 7) is 3.50. The van der Waals surface area contributed by atoms with Crippen molar-refractivity contribution in [1.82, 2.24) is 0 Å². The largest absolute Gasteiger partial charge is 0.496 e. The van der Waals surface area contributed by atoms with Crippen LogP contribution in [0, 0.1) is 0 Å². The summed E-state index contributed by atoms with van der Waals surface area (Å²) in [7, 11) is 3.10. The molecule has 0 aliphatic carbocycles. The number of benzene rings is 1. The van der Waals surface area contributed by atoms with E-state index in [1.165, 1.54) is 21.0 Å². The predicted molar refractivity (Wildman–Crippen MR) is 66.4 cm³/mol. The minimum absolute atomic E-state index is 0.484. The van der Waals surface area contributed by atoms with Gasteiger partial charge in [0.1, 0.15) is 17.2 Å². The first-order valence-corrected chi connectivity index (χ1v) is 5.58. The minimum Gasteiger partial charge on any atom is -0.496 e. The molecule has 0 aliphatic heterocycles. The van der Waals surface area contributed by atoms with Crippen LogP contribution in [0.3, 0.4) is 0 Å². The highest BCUT2D eigenvalue weighted by Gasteiger charge is 2.25. The van der Waals surface area contributed by atoms with Crippen molar-refractivity contribution < 1.29 is 13.9 Å². The first-order valence-electron chi connectivity index (χ1n) is 5.58. The molecule has 0 saturated carbocycles. The number of rotatable bonds is 5. The average molecular weight is 241 g/mol. The summed E-state index contributed by atoms with van der Waals surface area (Å²) in [5.41, 5.74) is 5.47. The van der Waals surface area contributed by atoms with E-state index in [2.05, 4.69) is 0 Å². The van der Waals surface area contributed by atoms with E-state index in [-0.39, 0.29) is 0 Å². The van der Waals surface area contributed by atoms with Crippen LogP contribution >= 0.6 is 0 Å². The summed E-state index contributed by atoms with van der Waals surface area (Å²) in [5.74, 6) is 1.18. The van der Waals surface area contributed by atoms with Crippen molar-refractivity contribution in [2.45, 2.75) is 25.9 Å². The maximum Gasteiger partial charge on any atom is 0.134 e. The van der Waals surface area contributed by atoms with Crippen LogP contribution in [0.1, 0.15) is 25.0 Å². The van der Waals surface area contributed by atoms with Crippen molar-refractivity contribution in [3.05, 3.63) is 23.3 Å². The standard InChI is InChI=1S/C13H20FNO2/c1-13(2,14)10-8-11(16-3)9(5-6-15)7-12(10)17-4/h7-8H,5-6,15H2,1-4H3. The van der Waals surface area contributed by atoms with Crippen LogP contribution in [0.15, 0.2) is 12.1 Å². The van der Waals surface area contributed by atoms with Gasteiger partial charge in [0.2, 0.25) is 0 Å². The van der Waals surface area contributed by atoms with E-state index in [0.29, 0.717) is 30.0 Å². The van der Waals surface area contributed by atoms with Gasteiger partial charge in [-0.3, -0.25) is 0 Å².